The summed E-state index contributed by atoms with van der Waals surface area (Å²) in [5.74, 6) is 1.57. The minimum Gasteiger partial charge on any atom is -0.492 e. The SMILES string of the molecule is CCCCCCC1CCCC2=NC(=Cc3[nH]c(-c4ccc[nH]4)cc3OCC)C=C21.Cl. The fourth-order valence-corrected chi connectivity index (χ4v) is 4.54. The van der Waals surface area contributed by atoms with Gasteiger partial charge in [-0.1, -0.05) is 32.6 Å². The Balaban J connectivity index is 0.00000256. The van der Waals surface area contributed by atoms with Crippen molar-refractivity contribution in [1.82, 2.24) is 9.97 Å². The van der Waals surface area contributed by atoms with E-state index in [9.17, 15) is 0 Å². The van der Waals surface area contributed by atoms with Crippen LogP contribution in [-0.2, 0) is 0 Å². The second kappa shape index (κ2) is 10.7. The lowest BCUT2D eigenvalue weighted by molar-refractivity contribution is 0.340. The zero-order valence-electron chi connectivity index (χ0n) is 18.2. The number of fused-ring (bicyclic) bond motifs is 1. The number of aromatic nitrogens is 2. The highest BCUT2D eigenvalue weighted by Gasteiger charge is 2.27. The lowest BCUT2D eigenvalue weighted by atomic mass is 9.80. The predicted molar refractivity (Wildman–Crippen MR) is 129 cm³/mol. The molecule has 0 spiro atoms. The number of aliphatic imine (C=N–C) groups is 1. The van der Waals surface area contributed by atoms with Crippen LogP contribution >= 0.6 is 12.4 Å². The number of ether oxygens (including phenoxy) is 1. The van der Waals surface area contributed by atoms with Crippen molar-refractivity contribution in [2.75, 3.05) is 6.61 Å². The average Bonchev–Trinajstić information content (AvgIpc) is 3.46. The van der Waals surface area contributed by atoms with Gasteiger partial charge < -0.3 is 14.7 Å². The number of aromatic amines is 2. The number of halogens is 1. The maximum atomic E-state index is 5.88. The molecule has 2 N–H and O–H groups in total. The van der Waals surface area contributed by atoms with Gasteiger partial charge in [0.05, 0.1) is 29.4 Å². The van der Waals surface area contributed by atoms with Gasteiger partial charge in [-0.05, 0) is 68.4 Å². The van der Waals surface area contributed by atoms with E-state index in [0.717, 1.165) is 34.9 Å². The molecule has 162 valence electrons. The summed E-state index contributed by atoms with van der Waals surface area (Å²) in [6, 6.07) is 6.14. The number of hydrogen-bond acceptors (Lipinski definition) is 2. The molecule has 1 atom stereocenters. The van der Waals surface area contributed by atoms with Gasteiger partial charge in [0.1, 0.15) is 5.75 Å². The van der Waals surface area contributed by atoms with E-state index < -0.39 is 0 Å². The summed E-state index contributed by atoms with van der Waals surface area (Å²) in [5.41, 5.74) is 6.95. The Bertz CT molecular complexity index is 905. The molecule has 5 heteroatoms. The monoisotopic (exact) mass is 427 g/mol. The zero-order chi connectivity index (χ0) is 20.1. The van der Waals surface area contributed by atoms with Gasteiger partial charge in [0.15, 0.2) is 0 Å². The van der Waals surface area contributed by atoms with Crippen LogP contribution in [0.3, 0.4) is 0 Å². The molecule has 1 fully saturated rings. The molecule has 0 radical (unpaired) electrons. The quantitative estimate of drug-likeness (QED) is 0.404. The molecule has 30 heavy (non-hydrogen) atoms. The molecule has 0 aromatic carbocycles. The van der Waals surface area contributed by atoms with E-state index in [1.165, 1.54) is 56.2 Å². The maximum Gasteiger partial charge on any atom is 0.144 e. The standard InChI is InChI=1S/C25H33N3O.ClH/c1-3-5-6-7-10-18-11-8-12-21-20(18)15-19(27-21)16-24-25(29-4-2)17-23(28-24)22-13-9-14-26-22;/h9,13-18,26,28H,3-8,10-12H2,1-2H3;1H. The number of H-pyrrole nitrogens is 2. The van der Waals surface area contributed by atoms with Crippen LogP contribution in [0.1, 0.15) is 70.9 Å². The van der Waals surface area contributed by atoms with E-state index in [1.807, 2.05) is 19.2 Å². The van der Waals surface area contributed by atoms with E-state index in [0.29, 0.717) is 12.5 Å². The Morgan fingerprint density at radius 2 is 2.10 bits per heavy atom. The molecule has 0 amide bonds. The average molecular weight is 428 g/mol. The highest BCUT2D eigenvalue weighted by molar-refractivity contribution is 6.05. The molecule has 2 aromatic rings. The first-order chi connectivity index (χ1) is 14.3. The minimum atomic E-state index is 0. The molecular formula is C25H34ClN3O. The maximum absolute atomic E-state index is 5.88. The molecule has 0 bridgehead atoms. The highest BCUT2D eigenvalue weighted by Crippen LogP contribution is 2.37. The van der Waals surface area contributed by atoms with Crippen LogP contribution in [0.25, 0.3) is 17.5 Å². The molecule has 3 heterocycles. The van der Waals surface area contributed by atoms with E-state index >= 15 is 0 Å². The number of rotatable bonds is 9. The first kappa shape index (κ1) is 22.5. The van der Waals surface area contributed by atoms with Crippen molar-refractivity contribution < 1.29 is 4.74 Å². The molecule has 1 unspecified atom stereocenters. The highest BCUT2D eigenvalue weighted by atomic mass is 35.5. The smallest absolute Gasteiger partial charge is 0.144 e. The number of hydrogen-bond donors (Lipinski definition) is 2. The third-order valence-electron chi connectivity index (χ3n) is 6.00. The van der Waals surface area contributed by atoms with Crippen LogP contribution in [-0.4, -0.2) is 22.3 Å². The summed E-state index contributed by atoms with van der Waals surface area (Å²) >= 11 is 0. The Hall–Kier alpha value is -2.20. The van der Waals surface area contributed by atoms with Gasteiger partial charge in [0, 0.05) is 18.0 Å². The summed E-state index contributed by atoms with van der Waals surface area (Å²) in [5, 5.41) is 0. The van der Waals surface area contributed by atoms with Crippen molar-refractivity contribution in [3.8, 4) is 17.1 Å². The van der Waals surface area contributed by atoms with Crippen molar-refractivity contribution >= 4 is 24.2 Å². The predicted octanol–water partition coefficient (Wildman–Crippen LogP) is 7.32. The summed E-state index contributed by atoms with van der Waals surface area (Å²) in [4.78, 5) is 11.7. The Morgan fingerprint density at radius 1 is 1.20 bits per heavy atom. The lowest BCUT2D eigenvalue weighted by Gasteiger charge is -2.24. The second-order valence-corrected chi connectivity index (χ2v) is 8.14. The molecule has 2 aromatic heterocycles. The molecule has 1 saturated carbocycles. The fourth-order valence-electron chi connectivity index (χ4n) is 4.54. The first-order valence-corrected chi connectivity index (χ1v) is 11.3. The number of unbranched alkanes of at least 4 members (excludes halogenated alkanes) is 3. The Labute approximate surface area is 186 Å². The summed E-state index contributed by atoms with van der Waals surface area (Å²) in [7, 11) is 0. The van der Waals surface area contributed by atoms with Crippen molar-refractivity contribution in [2.45, 2.75) is 65.2 Å². The van der Waals surface area contributed by atoms with Gasteiger partial charge in [0.25, 0.3) is 0 Å². The van der Waals surface area contributed by atoms with E-state index in [4.69, 9.17) is 9.73 Å². The van der Waals surface area contributed by atoms with Crippen LogP contribution in [0, 0.1) is 5.92 Å². The number of nitrogens with zero attached hydrogens (tertiary/aromatic N) is 1. The van der Waals surface area contributed by atoms with Crippen LogP contribution in [0.5, 0.6) is 5.75 Å². The molecule has 4 nitrogen and oxygen atoms in total. The number of allylic oxidation sites excluding steroid dienone is 2. The number of nitrogens with one attached hydrogen (secondary N) is 2. The summed E-state index contributed by atoms with van der Waals surface area (Å²) < 4.78 is 5.88. The van der Waals surface area contributed by atoms with E-state index in [2.05, 4.69) is 41.2 Å². The molecule has 0 saturated heterocycles. The fraction of sp³-hybridized carbons (Fsp3) is 0.480. The Morgan fingerprint density at radius 3 is 2.87 bits per heavy atom. The third kappa shape index (κ3) is 5.10. The molecule has 2 aliphatic rings. The van der Waals surface area contributed by atoms with Crippen molar-refractivity contribution in [3.05, 3.63) is 47.4 Å². The van der Waals surface area contributed by atoms with Crippen molar-refractivity contribution in [1.29, 1.82) is 0 Å². The van der Waals surface area contributed by atoms with Gasteiger partial charge >= 0.3 is 0 Å². The second-order valence-electron chi connectivity index (χ2n) is 8.14. The zero-order valence-corrected chi connectivity index (χ0v) is 19.0. The molecular weight excluding hydrogens is 394 g/mol. The summed E-state index contributed by atoms with van der Waals surface area (Å²) in [6.07, 6.45) is 16.8. The topological polar surface area (TPSA) is 53.2 Å². The van der Waals surface area contributed by atoms with Crippen molar-refractivity contribution in [2.24, 2.45) is 10.9 Å². The molecule has 4 rings (SSSR count). The van der Waals surface area contributed by atoms with E-state index in [1.54, 1.807) is 0 Å². The van der Waals surface area contributed by atoms with Gasteiger partial charge in [-0.15, -0.1) is 12.4 Å². The summed E-state index contributed by atoms with van der Waals surface area (Å²) in [6.45, 7) is 4.95. The van der Waals surface area contributed by atoms with Gasteiger partial charge in [-0.25, -0.2) is 0 Å². The van der Waals surface area contributed by atoms with Crippen LogP contribution in [0.15, 0.2) is 46.7 Å². The largest absolute Gasteiger partial charge is 0.492 e. The van der Waals surface area contributed by atoms with Gasteiger partial charge in [-0.3, -0.25) is 4.99 Å². The van der Waals surface area contributed by atoms with E-state index in [-0.39, 0.29) is 12.4 Å². The first-order valence-electron chi connectivity index (χ1n) is 11.3. The van der Waals surface area contributed by atoms with Crippen LogP contribution in [0.2, 0.25) is 0 Å². The van der Waals surface area contributed by atoms with Gasteiger partial charge in [0.2, 0.25) is 0 Å². The minimum absolute atomic E-state index is 0. The third-order valence-corrected chi connectivity index (χ3v) is 6.00. The lowest BCUT2D eigenvalue weighted by Crippen LogP contribution is -2.17. The Kier molecular flexibility index (Phi) is 8.03. The molecule has 1 aliphatic carbocycles. The molecule has 1 aliphatic heterocycles. The van der Waals surface area contributed by atoms with Crippen LogP contribution in [0.4, 0.5) is 0 Å². The normalized spacial score (nSPS) is 19.3. The van der Waals surface area contributed by atoms with Crippen molar-refractivity contribution in [3.63, 3.8) is 0 Å². The van der Waals surface area contributed by atoms with Crippen LogP contribution < -0.4 is 4.74 Å². The van der Waals surface area contributed by atoms with Gasteiger partial charge in [-0.2, -0.15) is 0 Å².